The van der Waals surface area contributed by atoms with Crippen LogP contribution < -0.4 is 10.6 Å². The van der Waals surface area contributed by atoms with E-state index in [9.17, 15) is 14.4 Å². The molecule has 3 rings (SSSR count). The summed E-state index contributed by atoms with van der Waals surface area (Å²) in [7, 11) is 1.28. The van der Waals surface area contributed by atoms with Gasteiger partial charge < -0.3 is 15.4 Å². The van der Waals surface area contributed by atoms with Crippen LogP contribution >= 0.6 is 0 Å². The fourth-order valence-corrected chi connectivity index (χ4v) is 3.22. The van der Waals surface area contributed by atoms with E-state index in [-0.39, 0.29) is 12.8 Å². The molecule has 2 aromatic carbocycles. The number of carbonyl (C=O) groups excluding carboxylic acids is 3. The van der Waals surface area contributed by atoms with Crippen LogP contribution in [0.5, 0.6) is 0 Å². The van der Waals surface area contributed by atoms with Crippen molar-refractivity contribution in [1.82, 2.24) is 10.6 Å². The van der Waals surface area contributed by atoms with E-state index in [0.29, 0.717) is 5.57 Å². The molecule has 0 saturated heterocycles. The van der Waals surface area contributed by atoms with Gasteiger partial charge in [0.2, 0.25) is 5.91 Å². The van der Waals surface area contributed by atoms with Crippen molar-refractivity contribution in [3.8, 4) is 0 Å². The summed E-state index contributed by atoms with van der Waals surface area (Å²) < 4.78 is 4.88. The maximum Gasteiger partial charge on any atom is 0.328 e. The highest BCUT2D eigenvalue weighted by atomic mass is 16.5. The van der Waals surface area contributed by atoms with Gasteiger partial charge in [-0.3, -0.25) is 9.59 Å². The molecule has 158 valence electrons. The molecule has 2 N–H and O–H groups in total. The molecule has 0 unspecified atom stereocenters. The number of allylic oxidation sites excluding steroid dienone is 1. The molecule has 6 nitrogen and oxygen atoms in total. The van der Waals surface area contributed by atoms with Crippen molar-refractivity contribution in [2.24, 2.45) is 0 Å². The highest BCUT2D eigenvalue weighted by molar-refractivity contribution is 6.00. The Labute approximate surface area is 181 Å². The summed E-state index contributed by atoms with van der Waals surface area (Å²) in [4.78, 5) is 38.0. The number of benzene rings is 2. The molecule has 0 aliphatic heterocycles. The van der Waals surface area contributed by atoms with Crippen molar-refractivity contribution in [2.75, 3.05) is 7.11 Å². The van der Waals surface area contributed by atoms with E-state index in [1.165, 1.54) is 7.11 Å². The standard InChI is InChI=1S/C25H24N2O4/c1-31-25(30)22(17-19-12-6-3-7-13-19)27-24(29)21(16-18-10-4-2-5-11-18)26-23(28)20-14-8-9-15-20/h2-14,21-22H,16-17H2,1H3,(H,26,28)(H,27,29)/t21-,22-/m0/s1. The fourth-order valence-electron chi connectivity index (χ4n) is 3.22. The Bertz CT molecular complexity index is 1020. The van der Waals surface area contributed by atoms with Crippen molar-refractivity contribution in [2.45, 2.75) is 24.9 Å². The van der Waals surface area contributed by atoms with Gasteiger partial charge in [-0.05, 0) is 23.3 Å². The van der Waals surface area contributed by atoms with Crippen molar-refractivity contribution in [3.05, 3.63) is 101 Å². The highest BCUT2D eigenvalue weighted by Crippen LogP contribution is 2.09. The number of hydrogen-bond donors (Lipinski definition) is 2. The van der Waals surface area contributed by atoms with Gasteiger partial charge in [-0.1, -0.05) is 66.7 Å². The number of esters is 1. The first-order valence-corrected chi connectivity index (χ1v) is 9.97. The Kier molecular flexibility index (Phi) is 7.57. The third kappa shape index (κ3) is 6.29. The monoisotopic (exact) mass is 416 g/mol. The summed E-state index contributed by atoms with van der Waals surface area (Å²) in [5, 5.41) is 5.51. The van der Waals surface area contributed by atoms with Crippen LogP contribution in [0, 0.1) is 0 Å². The summed E-state index contributed by atoms with van der Waals surface area (Å²) in [5.74, 6) is -1.42. The predicted molar refractivity (Wildman–Crippen MR) is 117 cm³/mol. The van der Waals surface area contributed by atoms with E-state index in [1.807, 2.05) is 60.7 Å². The molecular formula is C25H24N2O4. The van der Waals surface area contributed by atoms with E-state index < -0.39 is 29.9 Å². The van der Waals surface area contributed by atoms with Crippen molar-refractivity contribution in [3.63, 3.8) is 0 Å². The molecule has 0 bridgehead atoms. The second kappa shape index (κ2) is 10.8. The van der Waals surface area contributed by atoms with Gasteiger partial charge in [-0.2, -0.15) is 0 Å². The first-order chi connectivity index (χ1) is 15.1. The molecule has 0 aromatic heterocycles. The lowest BCUT2D eigenvalue weighted by molar-refractivity contribution is -0.145. The van der Waals surface area contributed by atoms with E-state index >= 15 is 0 Å². The average molecular weight is 416 g/mol. The van der Waals surface area contributed by atoms with Crippen LogP contribution in [-0.2, 0) is 32.0 Å². The zero-order valence-electron chi connectivity index (χ0n) is 17.2. The van der Waals surface area contributed by atoms with E-state index in [2.05, 4.69) is 16.4 Å². The summed E-state index contributed by atoms with van der Waals surface area (Å²) in [6.45, 7) is 0. The number of rotatable bonds is 9. The molecular weight excluding hydrogens is 392 g/mol. The van der Waals surface area contributed by atoms with Crippen LogP contribution in [0.1, 0.15) is 11.1 Å². The third-order valence-electron chi connectivity index (χ3n) is 4.83. The van der Waals surface area contributed by atoms with Crippen LogP contribution in [0.3, 0.4) is 0 Å². The molecule has 0 heterocycles. The Morgan fingerprint density at radius 3 is 1.97 bits per heavy atom. The minimum atomic E-state index is -0.874. The molecule has 2 amide bonds. The summed E-state index contributed by atoms with van der Waals surface area (Å²) in [6, 6.07) is 17.0. The second-order valence-electron chi connectivity index (χ2n) is 7.07. The molecule has 2 atom stereocenters. The summed E-state index contributed by atoms with van der Waals surface area (Å²) in [5.41, 5.74) is 4.94. The molecule has 6 heteroatoms. The molecule has 2 aromatic rings. The number of methoxy groups -OCH3 is 1. The Balaban J connectivity index is 1.77. The number of ether oxygens (including phenoxy) is 1. The van der Waals surface area contributed by atoms with Crippen LogP contribution in [0.2, 0.25) is 0 Å². The van der Waals surface area contributed by atoms with Gasteiger partial charge in [-0.15, -0.1) is 5.73 Å². The Morgan fingerprint density at radius 1 is 0.871 bits per heavy atom. The molecule has 31 heavy (non-hydrogen) atoms. The molecule has 0 fully saturated rings. The Hall–Kier alpha value is -3.89. The molecule has 1 aliphatic rings. The van der Waals surface area contributed by atoms with Gasteiger partial charge >= 0.3 is 5.97 Å². The zero-order valence-corrected chi connectivity index (χ0v) is 17.2. The van der Waals surface area contributed by atoms with Gasteiger partial charge in [0.25, 0.3) is 5.91 Å². The van der Waals surface area contributed by atoms with Gasteiger partial charge in [0.15, 0.2) is 0 Å². The summed E-state index contributed by atoms with van der Waals surface area (Å²) >= 11 is 0. The largest absolute Gasteiger partial charge is 0.467 e. The predicted octanol–water partition coefficient (Wildman–Crippen LogP) is 2.27. The minimum Gasteiger partial charge on any atom is -0.467 e. The van der Waals surface area contributed by atoms with Gasteiger partial charge in [0.05, 0.1) is 12.7 Å². The fraction of sp³-hybridized carbons (Fsp3) is 0.200. The number of carbonyl (C=O) groups is 3. The quantitative estimate of drug-likeness (QED) is 0.485. The van der Waals surface area contributed by atoms with E-state index in [0.717, 1.165) is 11.1 Å². The van der Waals surface area contributed by atoms with Gasteiger partial charge in [0.1, 0.15) is 12.1 Å². The maximum atomic E-state index is 13.1. The number of nitrogens with one attached hydrogen (secondary N) is 2. The smallest absolute Gasteiger partial charge is 0.328 e. The van der Waals surface area contributed by atoms with E-state index in [1.54, 1.807) is 18.2 Å². The molecule has 0 spiro atoms. The lowest BCUT2D eigenvalue weighted by Gasteiger charge is -2.22. The molecule has 0 saturated carbocycles. The normalized spacial score (nSPS) is 13.8. The average Bonchev–Trinajstić information content (AvgIpc) is 3.34. The first kappa shape index (κ1) is 21.8. The Morgan fingerprint density at radius 2 is 1.45 bits per heavy atom. The lowest BCUT2D eigenvalue weighted by atomic mass is 10.0. The first-order valence-electron chi connectivity index (χ1n) is 9.97. The van der Waals surface area contributed by atoms with Crippen LogP contribution in [0.25, 0.3) is 0 Å². The van der Waals surface area contributed by atoms with Crippen LogP contribution in [0.4, 0.5) is 0 Å². The van der Waals surface area contributed by atoms with Gasteiger partial charge in [-0.25, -0.2) is 4.79 Å². The van der Waals surface area contributed by atoms with Crippen LogP contribution in [-0.4, -0.2) is 37.0 Å². The van der Waals surface area contributed by atoms with E-state index in [4.69, 9.17) is 4.74 Å². The van der Waals surface area contributed by atoms with Crippen LogP contribution in [0.15, 0.2) is 90.2 Å². The number of hydrogen-bond acceptors (Lipinski definition) is 4. The number of amides is 2. The molecule has 0 radical (unpaired) electrons. The lowest BCUT2D eigenvalue weighted by Crippen LogP contribution is -2.53. The SMILES string of the molecule is COC(=O)[C@H](Cc1ccccc1)NC(=O)[C@H](Cc1ccccc1)NC(=O)C1=C=CC=C1. The second-order valence-corrected chi connectivity index (χ2v) is 7.07. The highest BCUT2D eigenvalue weighted by Gasteiger charge is 2.28. The third-order valence-corrected chi connectivity index (χ3v) is 4.83. The van der Waals surface area contributed by atoms with Gasteiger partial charge in [0, 0.05) is 12.8 Å². The minimum absolute atomic E-state index is 0.276. The van der Waals surface area contributed by atoms with Crippen molar-refractivity contribution in [1.29, 1.82) is 0 Å². The topological polar surface area (TPSA) is 84.5 Å². The zero-order chi connectivity index (χ0) is 22.1. The molecule has 1 aliphatic carbocycles. The maximum absolute atomic E-state index is 13.1. The van der Waals surface area contributed by atoms with Crippen molar-refractivity contribution >= 4 is 17.8 Å². The van der Waals surface area contributed by atoms with Crippen molar-refractivity contribution < 1.29 is 19.1 Å². The summed E-state index contributed by atoms with van der Waals surface area (Å²) in [6.07, 6.45) is 5.52.